The van der Waals surface area contributed by atoms with Crippen molar-refractivity contribution in [1.82, 2.24) is 0 Å². The maximum absolute atomic E-state index is 10.3. The van der Waals surface area contributed by atoms with Gasteiger partial charge in [-0.2, -0.15) is 0 Å². The average Bonchev–Trinajstić information content (AvgIpc) is 3.53. The van der Waals surface area contributed by atoms with Gasteiger partial charge < -0.3 is 10.2 Å². The summed E-state index contributed by atoms with van der Waals surface area (Å²) in [6.45, 7) is 12.6. The van der Waals surface area contributed by atoms with E-state index in [-0.39, 0.29) is 23.0 Å². The van der Waals surface area contributed by atoms with Gasteiger partial charge in [0.05, 0.1) is 12.2 Å². The van der Waals surface area contributed by atoms with Crippen molar-refractivity contribution in [3.63, 3.8) is 0 Å². The topological polar surface area (TPSA) is 40.5 Å². The van der Waals surface area contributed by atoms with E-state index in [0.717, 1.165) is 38.5 Å². The number of aryl methyl sites for hydroxylation is 2. The molecule has 0 bridgehead atoms. The van der Waals surface area contributed by atoms with Gasteiger partial charge in [0.25, 0.3) is 0 Å². The maximum atomic E-state index is 10.3. The molecule has 6 atom stereocenters. The molecular weight excluding hydrogens is 512 g/mol. The summed E-state index contributed by atoms with van der Waals surface area (Å²) in [5.74, 6) is 1.28. The van der Waals surface area contributed by atoms with Crippen molar-refractivity contribution in [2.24, 2.45) is 22.7 Å². The summed E-state index contributed by atoms with van der Waals surface area (Å²) in [5, 5.41) is 20.7. The molecule has 2 N–H and O–H groups in total. The van der Waals surface area contributed by atoms with Crippen molar-refractivity contribution in [2.75, 3.05) is 0 Å². The molecule has 2 saturated carbocycles. The van der Waals surface area contributed by atoms with Gasteiger partial charge in [0, 0.05) is 10.8 Å². The Morgan fingerprint density at radius 3 is 1.31 bits per heavy atom. The monoisotopic (exact) mass is 568 g/mol. The molecule has 0 aromatic heterocycles. The standard InChI is InChI=1S/2C18H22O.2C2H6/c2*1-18-11-10-14-13-5-3-2-4-12(13)6-7-15(14)16(18)8-9-17(18)19;2*1-2/h2*2-5,16-17,19H,6-11H2,1H3;2*1-2H3/t16-,17+,18-;16-,17-,18-;;/m11../s1. The van der Waals surface area contributed by atoms with Crippen molar-refractivity contribution in [2.45, 2.75) is 131 Å². The van der Waals surface area contributed by atoms with Crippen LogP contribution in [0.15, 0.2) is 59.7 Å². The normalized spacial score (nSPS) is 33.5. The SMILES string of the molecule is CC.CC.C[C@@]12CCC3=C(CCc4ccccc43)[C@H]1CC[C@@H]2O.C[C@@]12CCC3=C(CCc4ccccc43)[C@H]1CC[C@H]2O. The Morgan fingerprint density at radius 2 is 0.905 bits per heavy atom. The largest absolute Gasteiger partial charge is 0.393 e. The minimum atomic E-state index is -0.0799. The van der Waals surface area contributed by atoms with Gasteiger partial charge in [-0.25, -0.2) is 0 Å². The van der Waals surface area contributed by atoms with Crippen LogP contribution in [0.5, 0.6) is 0 Å². The predicted molar refractivity (Wildman–Crippen MR) is 178 cm³/mol. The Labute approximate surface area is 256 Å². The molecule has 8 rings (SSSR count). The zero-order valence-electron chi connectivity index (χ0n) is 27.3. The van der Waals surface area contributed by atoms with Crippen LogP contribution < -0.4 is 0 Å². The summed E-state index contributed by atoms with van der Waals surface area (Å²) in [4.78, 5) is 0. The Morgan fingerprint density at radius 1 is 0.524 bits per heavy atom. The third kappa shape index (κ3) is 5.15. The minimum Gasteiger partial charge on any atom is -0.393 e. The van der Waals surface area contributed by atoms with Crippen molar-refractivity contribution in [3.8, 4) is 0 Å². The van der Waals surface area contributed by atoms with Gasteiger partial charge in [-0.3, -0.25) is 0 Å². The average molecular weight is 569 g/mol. The van der Waals surface area contributed by atoms with E-state index in [1.807, 2.05) is 27.7 Å². The number of rotatable bonds is 0. The zero-order chi connectivity index (χ0) is 30.1. The second-order valence-electron chi connectivity index (χ2n) is 13.6. The van der Waals surface area contributed by atoms with E-state index in [9.17, 15) is 10.2 Å². The summed E-state index contributed by atoms with van der Waals surface area (Å²) in [7, 11) is 0. The van der Waals surface area contributed by atoms with Gasteiger partial charge in [0.2, 0.25) is 0 Å². The van der Waals surface area contributed by atoms with Crippen LogP contribution in [-0.4, -0.2) is 22.4 Å². The number of aliphatic hydroxyl groups excluding tert-OH is 2. The van der Waals surface area contributed by atoms with Crippen LogP contribution in [-0.2, 0) is 12.8 Å². The molecule has 2 fully saturated rings. The molecule has 2 aromatic rings. The van der Waals surface area contributed by atoms with Crippen LogP contribution in [0.3, 0.4) is 0 Å². The molecule has 0 saturated heterocycles. The van der Waals surface area contributed by atoms with E-state index < -0.39 is 0 Å². The van der Waals surface area contributed by atoms with Crippen LogP contribution in [0.25, 0.3) is 11.1 Å². The lowest BCUT2D eigenvalue weighted by molar-refractivity contribution is 0.0378. The van der Waals surface area contributed by atoms with Gasteiger partial charge in [-0.05, 0) is 122 Å². The molecular formula is C40H56O2. The molecule has 2 aromatic carbocycles. The van der Waals surface area contributed by atoms with Gasteiger partial charge in [-0.15, -0.1) is 0 Å². The lowest BCUT2D eigenvalue weighted by atomic mass is 9.62. The van der Waals surface area contributed by atoms with E-state index in [2.05, 4.69) is 62.4 Å². The van der Waals surface area contributed by atoms with Crippen LogP contribution in [0, 0.1) is 22.7 Å². The van der Waals surface area contributed by atoms with Crippen molar-refractivity contribution >= 4 is 11.1 Å². The number of benzene rings is 2. The summed E-state index contributed by atoms with van der Waals surface area (Å²) in [6, 6.07) is 17.9. The Kier molecular flexibility index (Phi) is 9.55. The lowest BCUT2D eigenvalue weighted by Crippen LogP contribution is -2.37. The second kappa shape index (κ2) is 12.8. The molecule has 0 aliphatic heterocycles. The third-order valence-electron chi connectivity index (χ3n) is 12.0. The molecule has 6 aliphatic carbocycles. The molecule has 0 spiro atoms. The Hall–Kier alpha value is -2.16. The highest BCUT2D eigenvalue weighted by Crippen LogP contribution is 2.59. The molecule has 2 heteroatoms. The van der Waals surface area contributed by atoms with Crippen LogP contribution in [0.1, 0.15) is 128 Å². The first-order chi connectivity index (χ1) is 20.4. The fourth-order valence-corrected chi connectivity index (χ4v) is 9.66. The highest BCUT2D eigenvalue weighted by molar-refractivity contribution is 5.75. The molecule has 0 unspecified atom stereocenters. The van der Waals surface area contributed by atoms with E-state index in [0.29, 0.717) is 11.8 Å². The summed E-state index contributed by atoms with van der Waals surface area (Å²) < 4.78 is 0. The lowest BCUT2D eigenvalue weighted by Gasteiger charge is -2.43. The molecule has 6 aliphatic rings. The highest BCUT2D eigenvalue weighted by Gasteiger charge is 2.51. The first-order valence-electron chi connectivity index (χ1n) is 17.4. The third-order valence-corrected chi connectivity index (χ3v) is 12.0. The highest BCUT2D eigenvalue weighted by atomic mass is 16.3. The molecule has 228 valence electrons. The van der Waals surface area contributed by atoms with Crippen molar-refractivity contribution in [3.05, 3.63) is 81.9 Å². The molecule has 42 heavy (non-hydrogen) atoms. The predicted octanol–water partition coefficient (Wildman–Crippen LogP) is 9.97. The van der Waals surface area contributed by atoms with Gasteiger partial charge in [0.1, 0.15) is 0 Å². The number of fused-ring (bicyclic) bond motifs is 8. The van der Waals surface area contributed by atoms with Crippen LogP contribution >= 0.6 is 0 Å². The van der Waals surface area contributed by atoms with E-state index in [1.54, 1.807) is 22.3 Å². The summed E-state index contributed by atoms with van der Waals surface area (Å²) in [5.41, 5.74) is 13.0. The quantitative estimate of drug-likeness (QED) is 0.332. The van der Waals surface area contributed by atoms with Gasteiger partial charge >= 0.3 is 0 Å². The van der Waals surface area contributed by atoms with E-state index in [1.165, 1.54) is 60.8 Å². The van der Waals surface area contributed by atoms with Crippen LogP contribution in [0.2, 0.25) is 0 Å². The first-order valence-corrected chi connectivity index (χ1v) is 17.4. The number of hydrogen-bond donors (Lipinski definition) is 2. The van der Waals surface area contributed by atoms with Crippen molar-refractivity contribution < 1.29 is 10.2 Å². The zero-order valence-corrected chi connectivity index (χ0v) is 27.3. The summed E-state index contributed by atoms with van der Waals surface area (Å²) >= 11 is 0. The smallest absolute Gasteiger partial charge is 0.0599 e. The van der Waals surface area contributed by atoms with E-state index in [4.69, 9.17) is 0 Å². The maximum Gasteiger partial charge on any atom is 0.0599 e. The number of aliphatic hydroxyl groups is 2. The van der Waals surface area contributed by atoms with Gasteiger partial charge in [-0.1, -0.05) is 101 Å². The second-order valence-corrected chi connectivity index (χ2v) is 13.6. The first kappa shape index (κ1) is 31.3. The molecule has 2 nitrogen and oxygen atoms in total. The van der Waals surface area contributed by atoms with Crippen molar-refractivity contribution in [1.29, 1.82) is 0 Å². The van der Waals surface area contributed by atoms with Crippen LogP contribution in [0.4, 0.5) is 0 Å². The Balaban J connectivity index is 0.000000150. The Bertz CT molecular complexity index is 1210. The number of allylic oxidation sites excluding steroid dienone is 4. The van der Waals surface area contributed by atoms with E-state index >= 15 is 0 Å². The summed E-state index contributed by atoms with van der Waals surface area (Å²) in [6.07, 6.45) is 13.7. The minimum absolute atomic E-state index is 0.0799. The fraction of sp³-hybridized carbons (Fsp3) is 0.600. The molecule has 0 amide bonds. The molecule has 0 radical (unpaired) electrons. The van der Waals surface area contributed by atoms with Gasteiger partial charge in [0.15, 0.2) is 0 Å². The fourth-order valence-electron chi connectivity index (χ4n) is 9.66. The number of hydrogen-bond acceptors (Lipinski definition) is 2. The molecule has 0 heterocycles.